The molecule has 0 N–H and O–H groups in total. The molecule has 3 saturated carbocycles. The molecule has 0 spiro atoms. The molecule has 0 aromatic rings. The predicted molar refractivity (Wildman–Crippen MR) is 133 cm³/mol. The molecule has 0 aromatic heterocycles. The van der Waals surface area contributed by atoms with Crippen molar-refractivity contribution in [2.24, 2.45) is 23.7 Å². The van der Waals surface area contributed by atoms with Gasteiger partial charge in [0.15, 0.2) is 8.67 Å². The highest BCUT2D eigenvalue weighted by Crippen LogP contribution is 2.81. The molecule has 5 rings (SSSR count). The van der Waals surface area contributed by atoms with Crippen LogP contribution in [0.5, 0.6) is 0 Å². The zero-order valence-electron chi connectivity index (χ0n) is 14.7. The van der Waals surface area contributed by atoms with Crippen molar-refractivity contribution >= 4 is 139 Å². The quantitative estimate of drug-likeness (QED) is 0.229. The minimum atomic E-state index is -1.58. The second kappa shape index (κ2) is 6.83. The van der Waals surface area contributed by atoms with E-state index in [0.717, 1.165) is 0 Å². The zero-order chi connectivity index (χ0) is 22.4. The largest absolute Gasteiger partial charge is 0.166 e. The van der Waals surface area contributed by atoms with Crippen LogP contribution in [-0.4, -0.2) is 28.2 Å². The number of halogens is 12. The monoisotopic (exact) mass is 648 g/mol. The number of rotatable bonds is 0. The summed E-state index contributed by atoms with van der Waals surface area (Å²) in [6, 6.07) is 0. The van der Waals surface area contributed by atoms with E-state index in [9.17, 15) is 0 Å². The summed E-state index contributed by atoms with van der Waals surface area (Å²) in [7, 11) is 0. The number of hydrogen-bond acceptors (Lipinski definition) is 0. The van der Waals surface area contributed by atoms with Gasteiger partial charge < -0.3 is 0 Å². The Morgan fingerprint density at radius 2 is 0.567 bits per heavy atom. The van der Waals surface area contributed by atoms with Gasteiger partial charge in [0.1, 0.15) is 19.5 Å². The van der Waals surface area contributed by atoms with E-state index < -0.39 is 28.2 Å². The SMILES string of the molecule is ClC1=C(Cl)[C@]2(Cl)[C@@H]3CC[C@@H]4[C@H](CC[C@@H]3[C@@]1(Cl)C2(Cl)Cl)[C@@]1(Cl)C(Cl)=C(Cl)[C@@]4(Cl)C1(Cl)Cl. The molecule has 5 aliphatic rings. The van der Waals surface area contributed by atoms with Crippen LogP contribution in [-0.2, 0) is 0 Å². The second-order valence-electron chi connectivity index (χ2n) is 8.83. The normalized spacial score (nSPS) is 55.6. The maximum atomic E-state index is 7.02. The highest BCUT2D eigenvalue weighted by molar-refractivity contribution is 6.66. The van der Waals surface area contributed by atoms with Gasteiger partial charge in [0.2, 0.25) is 0 Å². The molecular weight excluding hydrogens is 642 g/mol. The van der Waals surface area contributed by atoms with E-state index in [-0.39, 0.29) is 43.8 Å². The van der Waals surface area contributed by atoms with Gasteiger partial charge in [-0.1, -0.05) is 92.8 Å². The summed E-state index contributed by atoms with van der Waals surface area (Å²) in [4.78, 5) is -5.28. The highest BCUT2D eigenvalue weighted by atomic mass is 35.5. The third kappa shape index (κ3) is 2.18. The smallest absolute Gasteiger partial charge is 0.109 e. The van der Waals surface area contributed by atoms with Crippen molar-refractivity contribution in [2.45, 2.75) is 53.8 Å². The van der Waals surface area contributed by atoms with Gasteiger partial charge in [-0.15, -0.1) is 46.4 Å². The minimum absolute atomic E-state index is 0.191. The van der Waals surface area contributed by atoms with Crippen molar-refractivity contribution in [1.29, 1.82) is 0 Å². The summed E-state index contributed by atoms with van der Waals surface area (Å²) in [5.41, 5.74) is 0. The Bertz CT molecular complexity index is 782. The molecular formula is C18H12Cl12. The third-order valence-electron chi connectivity index (χ3n) is 8.08. The number of hydrogen-bond donors (Lipinski definition) is 0. The zero-order valence-corrected chi connectivity index (χ0v) is 23.7. The summed E-state index contributed by atoms with van der Waals surface area (Å²) in [5, 5.41) is 0.765. The fourth-order valence-corrected chi connectivity index (χ4v) is 13.0. The van der Waals surface area contributed by atoms with Crippen LogP contribution in [0.2, 0.25) is 0 Å². The summed E-state index contributed by atoms with van der Waals surface area (Å²) in [6.07, 6.45) is 2.22. The van der Waals surface area contributed by atoms with E-state index in [4.69, 9.17) is 139 Å². The molecule has 0 unspecified atom stereocenters. The van der Waals surface area contributed by atoms with Crippen LogP contribution in [0.3, 0.4) is 0 Å². The Balaban J connectivity index is 1.62. The average molecular weight is 654 g/mol. The van der Waals surface area contributed by atoms with E-state index in [1.807, 2.05) is 0 Å². The maximum Gasteiger partial charge on any atom is 0.166 e. The number of alkyl halides is 8. The summed E-state index contributed by atoms with van der Waals surface area (Å²) >= 11 is 81.3. The van der Waals surface area contributed by atoms with Crippen molar-refractivity contribution in [1.82, 2.24) is 0 Å². The van der Waals surface area contributed by atoms with Crippen LogP contribution < -0.4 is 0 Å². The molecule has 5 aliphatic carbocycles. The van der Waals surface area contributed by atoms with Gasteiger partial charge in [-0.2, -0.15) is 0 Å². The Labute approximate surface area is 234 Å². The summed E-state index contributed by atoms with van der Waals surface area (Å²) in [6.45, 7) is 0. The first kappa shape index (κ1) is 24.6. The van der Waals surface area contributed by atoms with Crippen molar-refractivity contribution in [2.75, 3.05) is 0 Å². The Morgan fingerprint density at radius 1 is 0.400 bits per heavy atom. The molecule has 0 nitrogen and oxygen atoms in total. The first-order valence-electron chi connectivity index (χ1n) is 9.22. The summed E-state index contributed by atoms with van der Waals surface area (Å²) < 4.78 is -3.17. The molecule has 0 radical (unpaired) electrons. The lowest BCUT2D eigenvalue weighted by Crippen LogP contribution is -2.45. The van der Waals surface area contributed by atoms with Crippen molar-refractivity contribution < 1.29 is 0 Å². The first-order valence-corrected chi connectivity index (χ1v) is 13.8. The lowest BCUT2D eigenvalue weighted by atomic mass is 9.67. The minimum Gasteiger partial charge on any atom is -0.109 e. The molecule has 4 bridgehead atoms. The average Bonchev–Trinajstić information content (AvgIpc) is 2.96. The van der Waals surface area contributed by atoms with E-state index in [0.29, 0.717) is 25.7 Å². The van der Waals surface area contributed by atoms with E-state index in [1.165, 1.54) is 0 Å². The van der Waals surface area contributed by atoms with Crippen LogP contribution in [0.25, 0.3) is 0 Å². The Kier molecular flexibility index (Phi) is 5.61. The lowest BCUT2D eigenvalue weighted by molar-refractivity contribution is 0.175. The van der Waals surface area contributed by atoms with Crippen molar-refractivity contribution in [3.05, 3.63) is 20.1 Å². The molecule has 0 amide bonds. The van der Waals surface area contributed by atoms with Gasteiger partial charge in [-0.05, 0) is 49.4 Å². The van der Waals surface area contributed by atoms with Gasteiger partial charge in [-0.3, -0.25) is 0 Å². The molecule has 168 valence electrons. The van der Waals surface area contributed by atoms with E-state index in [1.54, 1.807) is 0 Å². The van der Waals surface area contributed by atoms with Crippen LogP contribution in [0.4, 0.5) is 0 Å². The second-order valence-corrected chi connectivity index (χ2v) is 15.4. The lowest BCUT2D eigenvalue weighted by Gasteiger charge is -2.44. The van der Waals surface area contributed by atoms with Gasteiger partial charge in [0.05, 0.1) is 20.1 Å². The van der Waals surface area contributed by atoms with Crippen LogP contribution in [0.15, 0.2) is 20.1 Å². The topological polar surface area (TPSA) is 0 Å². The number of allylic oxidation sites excluding steroid dienone is 4. The van der Waals surface area contributed by atoms with E-state index >= 15 is 0 Å². The Hall–Kier alpha value is 2.96. The van der Waals surface area contributed by atoms with Crippen molar-refractivity contribution in [3.8, 4) is 0 Å². The predicted octanol–water partition coefficient (Wildman–Crippen LogP) is 9.72. The molecule has 0 aromatic carbocycles. The molecule has 8 atom stereocenters. The van der Waals surface area contributed by atoms with Crippen LogP contribution >= 0.6 is 139 Å². The molecule has 12 heteroatoms. The molecule has 3 fully saturated rings. The van der Waals surface area contributed by atoms with Crippen LogP contribution in [0, 0.1) is 23.7 Å². The van der Waals surface area contributed by atoms with Crippen LogP contribution in [0.1, 0.15) is 25.7 Å². The highest BCUT2D eigenvalue weighted by Gasteiger charge is 2.85. The van der Waals surface area contributed by atoms with Gasteiger partial charge in [0.25, 0.3) is 0 Å². The molecule has 0 heterocycles. The molecule has 0 saturated heterocycles. The standard InChI is InChI=1S/C18H12Cl12/c19-9-10(20)15(25)7-3-4-8-6(2-1-5(7)13(9,23)17(15,27)28)14(24)11(21)12(22)16(8,26)18(14,29)30/h5-8H,1-4H2/t5-,6-,7+,8+,13-,14-,15-,16+/m1/s1. The first-order chi connectivity index (χ1) is 13.6. The van der Waals surface area contributed by atoms with Gasteiger partial charge >= 0.3 is 0 Å². The maximum absolute atomic E-state index is 7.02. The van der Waals surface area contributed by atoms with Gasteiger partial charge in [-0.25, -0.2) is 0 Å². The fourth-order valence-electron chi connectivity index (χ4n) is 6.73. The Morgan fingerprint density at radius 3 is 0.733 bits per heavy atom. The molecule has 0 aliphatic heterocycles. The van der Waals surface area contributed by atoms with Gasteiger partial charge in [0, 0.05) is 0 Å². The summed E-state index contributed by atoms with van der Waals surface area (Å²) in [5.74, 6) is -0.976. The van der Waals surface area contributed by atoms with E-state index in [2.05, 4.69) is 0 Å². The third-order valence-corrected chi connectivity index (χ3v) is 16.8. The fraction of sp³-hybridized carbons (Fsp3) is 0.778. The number of fused-ring (bicyclic) bond motifs is 10. The molecule has 30 heavy (non-hydrogen) atoms. The van der Waals surface area contributed by atoms with Crippen molar-refractivity contribution in [3.63, 3.8) is 0 Å².